The molecule has 0 bridgehead atoms. The van der Waals surface area contributed by atoms with Crippen molar-refractivity contribution in [2.75, 3.05) is 9.80 Å². The third-order valence-electron chi connectivity index (χ3n) is 10.9. The van der Waals surface area contributed by atoms with Gasteiger partial charge in [-0.15, -0.1) is 0 Å². The summed E-state index contributed by atoms with van der Waals surface area (Å²) in [6.45, 7) is 0. The SMILES string of the molecule is c1ccc(N2c3ccccc3[Si]3(c4ccccc42)c2ccccc2N(c2ccc(-n4c5ccccc5c5ncccc54)nc2)c2ccccc23)cc1. The molecule has 52 heavy (non-hydrogen) atoms. The smallest absolute Gasteiger partial charge is 0.188 e. The normalized spacial score (nSPS) is 13.8. The predicted octanol–water partition coefficient (Wildman–Crippen LogP) is 8.52. The first-order valence-electron chi connectivity index (χ1n) is 17.7. The molecule has 2 aliphatic heterocycles. The number of aromatic nitrogens is 3. The zero-order chi connectivity index (χ0) is 34.2. The highest BCUT2D eigenvalue weighted by molar-refractivity contribution is 7.23. The molecule has 0 unspecified atom stereocenters. The largest absolute Gasteiger partial charge is 0.311 e. The maximum absolute atomic E-state index is 5.16. The zero-order valence-corrected chi connectivity index (χ0v) is 29.1. The van der Waals surface area contributed by atoms with E-state index in [1.165, 1.54) is 43.5 Å². The Morgan fingerprint density at radius 1 is 0.385 bits per heavy atom. The van der Waals surface area contributed by atoms with Gasteiger partial charge in [0.15, 0.2) is 8.07 Å². The van der Waals surface area contributed by atoms with Gasteiger partial charge in [0.1, 0.15) is 5.82 Å². The van der Waals surface area contributed by atoms with Gasteiger partial charge in [-0.3, -0.25) is 9.55 Å². The van der Waals surface area contributed by atoms with Gasteiger partial charge < -0.3 is 9.80 Å². The van der Waals surface area contributed by atoms with Gasteiger partial charge in [0, 0.05) is 40.0 Å². The molecule has 0 aliphatic carbocycles. The molecule has 0 saturated carbocycles. The summed E-state index contributed by atoms with van der Waals surface area (Å²) in [7, 11) is -2.83. The minimum absolute atomic E-state index is 0.864. The van der Waals surface area contributed by atoms with Crippen LogP contribution in [-0.2, 0) is 0 Å². The lowest BCUT2D eigenvalue weighted by Gasteiger charge is -2.49. The monoisotopic (exact) mass is 681 g/mol. The summed E-state index contributed by atoms with van der Waals surface area (Å²) >= 11 is 0. The third-order valence-corrected chi connectivity index (χ3v) is 15.8. The number of hydrogen-bond donors (Lipinski definition) is 0. The van der Waals surface area contributed by atoms with Crippen LogP contribution < -0.4 is 30.5 Å². The Bertz CT molecular complexity index is 2680. The molecule has 2 aliphatic rings. The molecule has 5 heterocycles. The Kier molecular flexibility index (Phi) is 6.20. The molecule has 0 atom stereocenters. The minimum atomic E-state index is -2.83. The fraction of sp³-hybridized carbons (Fsp3) is 0. The van der Waals surface area contributed by atoms with Crippen LogP contribution in [0, 0.1) is 0 Å². The average molecular weight is 682 g/mol. The van der Waals surface area contributed by atoms with E-state index >= 15 is 0 Å². The number of rotatable bonds is 3. The van der Waals surface area contributed by atoms with Gasteiger partial charge in [-0.05, 0) is 87.5 Å². The quantitative estimate of drug-likeness (QED) is 0.175. The van der Waals surface area contributed by atoms with Crippen molar-refractivity contribution in [2.45, 2.75) is 0 Å². The van der Waals surface area contributed by atoms with Crippen molar-refractivity contribution in [3.63, 3.8) is 0 Å². The number of hydrogen-bond acceptors (Lipinski definition) is 4. The molecule has 0 fully saturated rings. The molecule has 0 saturated heterocycles. The summed E-state index contributed by atoms with van der Waals surface area (Å²) in [5, 5.41) is 6.66. The Morgan fingerprint density at radius 3 is 1.46 bits per heavy atom. The summed E-state index contributed by atoms with van der Waals surface area (Å²) in [5.74, 6) is 0.864. The molecule has 1 spiro atoms. The van der Waals surface area contributed by atoms with Crippen LogP contribution in [0.2, 0.25) is 0 Å². The summed E-state index contributed by atoms with van der Waals surface area (Å²) in [5.41, 5.74) is 10.2. The molecular weight excluding hydrogens is 651 g/mol. The summed E-state index contributed by atoms with van der Waals surface area (Å²) < 4.78 is 2.22. The highest BCUT2D eigenvalue weighted by Crippen LogP contribution is 2.43. The van der Waals surface area contributed by atoms with Crippen molar-refractivity contribution >= 4 is 84.9 Å². The van der Waals surface area contributed by atoms with E-state index in [1.54, 1.807) is 0 Å². The van der Waals surface area contributed by atoms with Crippen LogP contribution in [0.25, 0.3) is 27.8 Å². The van der Waals surface area contributed by atoms with E-state index in [0.29, 0.717) is 0 Å². The molecule has 5 nitrogen and oxygen atoms in total. The van der Waals surface area contributed by atoms with Crippen molar-refractivity contribution in [2.24, 2.45) is 0 Å². The lowest BCUT2D eigenvalue weighted by atomic mass is 10.1. The standard InChI is InChI=1S/C46H31N5Si/c1-2-15-32(16-3-1)49-36-19-6-10-24-41(36)52(42-25-11-7-20-37(42)49)43-26-12-8-21-38(43)50(39-22-9-13-27-44(39)52)33-28-29-45(48-31-33)51-35-18-5-4-17-34(35)46-40(51)23-14-30-47-46/h1-31H. The van der Waals surface area contributed by atoms with Crippen LogP contribution in [0.15, 0.2) is 188 Å². The van der Waals surface area contributed by atoms with E-state index in [-0.39, 0.29) is 0 Å². The number of fused-ring (bicyclic) bond motifs is 11. The summed E-state index contributed by atoms with van der Waals surface area (Å²) in [6.07, 6.45) is 3.89. The van der Waals surface area contributed by atoms with Gasteiger partial charge in [-0.25, -0.2) is 4.98 Å². The molecule has 0 N–H and O–H groups in total. The van der Waals surface area contributed by atoms with Crippen molar-refractivity contribution in [3.05, 3.63) is 188 Å². The number of nitrogens with zero attached hydrogens (tertiary/aromatic N) is 5. The zero-order valence-electron chi connectivity index (χ0n) is 28.1. The van der Waals surface area contributed by atoms with Crippen LogP contribution in [0.4, 0.5) is 34.1 Å². The van der Waals surface area contributed by atoms with Crippen molar-refractivity contribution in [1.82, 2.24) is 14.5 Å². The van der Waals surface area contributed by atoms with Gasteiger partial charge >= 0.3 is 0 Å². The number of pyridine rings is 2. The molecular formula is C46H31N5Si. The predicted molar refractivity (Wildman–Crippen MR) is 216 cm³/mol. The van der Waals surface area contributed by atoms with Gasteiger partial charge in [0.25, 0.3) is 0 Å². The van der Waals surface area contributed by atoms with E-state index in [1.807, 2.05) is 18.5 Å². The number of benzene rings is 6. The first-order chi connectivity index (χ1) is 25.8. The van der Waals surface area contributed by atoms with Crippen LogP contribution in [-0.4, -0.2) is 22.6 Å². The Labute approximate surface area is 302 Å². The van der Waals surface area contributed by atoms with Crippen LogP contribution >= 0.6 is 0 Å². The lowest BCUT2D eigenvalue weighted by Crippen LogP contribution is -2.79. The minimum Gasteiger partial charge on any atom is -0.311 e. The maximum atomic E-state index is 5.16. The molecule has 0 radical (unpaired) electrons. The van der Waals surface area contributed by atoms with Gasteiger partial charge in [-0.2, -0.15) is 0 Å². The Balaban J connectivity index is 1.14. The lowest BCUT2D eigenvalue weighted by molar-refractivity contribution is 1.07. The fourth-order valence-corrected chi connectivity index (χ4v) is 14.3. The molecule has 0 amide bonds. The Morgan fingerprint density at radius 2 is 0.885 bits per heavy atom. The first kappa shape index (κ1) is 29.0. The van der Waals surface area contributed by atoms with Crippen molar-refractivity contribution in [1.29, 1.82) is 0 Å². The van der Waals surface area contributed by atoms with E-state index < -0.39 is 8.07 Å². The second kappa shape index (κ2) is 11.1. The Hall–Kier alpha value is -6.76. The maximum Gasteiger partial charge on any atom is 0.188 e. The second-order valence-corrected chi connectivity index (χ2v) is 17.1. The van der Waals surface area contributed by atoms with Crippen LogP contribution in [0.5, 0.6) is 0 Å². The van der Waals surface area contributed by atoms with Crippen molar-refractivity contribution in [3.8, 4) is 5.82 Å². The van der Waals surface area contributed by atoms with Crippen molar-refractivity contribution < 1.29 is 0 Å². The van der Waals surface area contributed by atoms with Gasteiger partial charge in [-0.1, -0.05) is 109 Å². The van der Waals surface area contributed by atoms with Gasteiger partial charge in [0.2, 0.25) is 0 Å². The molecule has 6 heteroatoms. The molecule has 11 rings (SSSR count). The molecule has 6 aromatic carbocycles. The second-order valence-electron chi connectivity index (χ2n) is 13.4. The molecule has 244 valence electrons. The molecule has 3 aromatic heterocycles. The van der Waals surface area contributed by atoms with Crippen LogP contribution in [0.3, 0.4) is 0 Å². The summed E-state index contributed by atoms with van der Waals surface area (Å²) in [6, 6.07) is 64.0. The summed E-state index contributed by atoms with van der Waals surface area (Å²) in [4.78, 5) is 14.8. The van der Waals surface area contributed by atoms with E-state index in [2.05, 4.69) is 184 Å². The van der Waals surface area contributed by atoms with Gasteiger partial charge in [0.05, 0.1) is 28.4 Å². The highest BCUT2D eigenvalue weighted by Gasteiger charge is 2.53. The van der Waals surface area contributed by atoms with E-state index in [9.17, 15) is 0 Å². The average Bonchev–Trinajstić information content (AvgIpc) is 3.56. The highest BCUT2D eigenvalue weighted by atomic mass is 28.3. The fourth-order valence-electron chi connectivity index (χ4n) is 8.88. The van der Waals surface area contributed by atoms with E-state index in [0.717, 1.165) is 39.1 Å². The first-order valence-corrected chi connectivity index (χ1v) is 19.7. The third kappa shape index (κ3) is 3.87. The topological polar surface area (TPSA) is 37.2 Å². The van der Waals surface area contributed by atoms with E-state index in [4.69, 9.17) is 9.97 Å². The number of para-hydroxylation sites is 6. The van der Waals surface area contributed by atoms with Crippen LogP contribution in [0.1, 0.15) is 0 Å². The molecule has 9 aromatic rings. The number of anilines is 6.